The monoisotopic (exact) mass is 282 g/mol. The predicted molar refractivity (Wildman–Crippen MR) is 71.0 cm³/mol. The molecule has 5 heteroatoms. The van der Waals surface area contributed by atoms with E-state index in [0.717, 1.165) is 12.3 Å². The van der Waals surface area contributed by atoms with Gasteiger partial charge in [-0.15, -0.1) is 0 Å². The lowest BCUT2D eigenvalue weighted by Gasteiger charge is -2.22. The maximum atomic E-state index is 12.3. The predicted octanol–water partition coefficient (Wildman–Crippen LogP) is 1.39. The highest BCUT2D eigenvalue weighted by atomic mass is 16.5. The summed E-state index contributed by atoms with van der Waals surface area (Å²) in [5.41, 5.74) is 0. The summed E-state index contributed by atoms with van der Waals surface area (Å²) >= 11 is 0. The number of ether oxygens (including phenoxy) is 2. The number of Topliss-reactive ketones (excluding diaryl/α,β-unsaturated/α-hetero) is 2. The summed E-state index contributed by atoms with van der Waals surface area (Å²) in [6.07, 6.45) is 5.02. The van der Waals surface area contributed by atoms with Gasteiger partial charge in [0.25, 0.3) is 0 Å². The van der Waals surface area contributed by atoms with Crippen molar-refractivity contribution < 1.29 is 23.9 Å². The molecule has 2 aliphatic rings. The van der Waals surface area contributed by atoms with Crippen molar-refractivity contribution in [1.29, 1.82) is 0 Å². The van der Waals surface area contributed by atoms with Gasteiger partial charge < -0.3 is 9.47 Å². The molecule has 0 N–H and O–H groups in total. The van der Waals surface area contributed by atoms with Crippen LogP contribution < -0.4 is 0 Å². The largest absolute Gasteiger partial charge is 0.468 e. The zero-order chi connectivity index (χ0) is 14.7. The van der Waals surface area contributed by atoms with E-state index >= 15 is 0 Å². The van der Waals surface area contributed by atoms with Gasteiger partial charge in [-0.2, -0.15) is 0 Å². The second-order valence-corrected chi connectivity index (χ2v) is 5.96. The normalized spacial score (nSPS) is 29.2. The van der Waals surface area contributed by atoms with Crippen molar-refractivity contribution in [2.75, 3.05) is 20.8 Å². The molecule has 4 unspecified atom stereocenters. The molecule has 2 saturated carbocycles. The van der Waals surface area contributed by atoms with Gasteiger partial charge in [-0.1, -0.05) is 6.42 Å². The van der Waals surface area contributed by atoms with Gasteiger partial charge in [-0.3, -0.25) is 14.4 Å². The van der Waals surface area contributed by atoms with Crippen LogP contribution in [-0.2, 0) is 23.9 Å². The second kappa shape index (κ2) is 6.48. The van der Waals surface area contributed by atoms with Crippen molar-refractivity contribution in [3.8, 4) is 0 Å². The Kier molecular flexibility index (Phi) is 4.91. The summed E-state index contributed by atoms with van der Waals surface area (Å²) < 4.78 is 9.33. The van der Waals surface area contributed by atoms with Crippen LogP contribution in [0.15, 0.2) is 0 Å². The third kappa shape index (κ3) is 3.08. The molecule has 112 valence electrons. The molecule has 0 saturated heterocycles. The van der Waals surface area contributed by atoms with E-state index in [0.29, 0.717) is 18.3 Å². The van der Waals surface area contributed by atoms with Crippen molar-refractivity contribution in [2.24, 2.45) is 23.7 Å². The number of carbonyl (C=O) groups excluding carboxylic acids is 3. The molecule has 0 aromatic heterocycles. The molecule has 0 heterocycles. The molecule has 0 aliphatic heterocycles. The molecule has 0 aromatic rings. The Bertz CT molecular complexity index is 403. The number of carbonyl (C=O) groups is 3. The molecule has 2 aliphatic carbocycles. The van der Waals surface area contributed by atoms with Crippen LogP contribution in [0.2, 0.25) is 0 Å². The summed E-state index contributed by atoms with van der Waals surface area (Å²) in [4.78, 5) is 35.9. The third-order valence-corrected chi connectivity index (χ3v) is 4.72. The molecule has 0 aromatic carbocycles. The quantitative estimate of drug-likeness (QED) is 0.521. The fourth-order valence-electron chi connectivity index (χ4n) is 3.79. The van der Waals surface area contributed by atoms with Gasteiger partial charge in [0.15, 0.2) is 17.5 Å². The Balaban J connectivity index is 1.99. The Hall–Kier alpha value is -1.23. The van der Waals surface area contributed by atoms with Crippen LogP contribution in [0.1, 0.15) is 32.1 Å². The van der Waals surface area contributed by atoms with E-state index in [1.807, 2.05) is 0 Å². The number of methoxy groups -OCH3 is 2. The highest BCUT2D eigenvalue weighted by molar-refractivity contribution is 6.17. The van der Waals surface area contributed by atoms with Crippen LogP contribution in [0.4, 0.5) is 0 Å². The topological polar surface area (TPSA) is 69.7 Å². The van der Waals surface area contributed by atoms with Crippen LogP contribution in [-0.4, -0.2) is 38.4 Å². The van der Waals surface area contributed by atoms with Crippen molar-refractivity contribution in [2.45, 2.75) is 32.1 Å². The SMILES string of the molecule is COCC(=O)C(C(=O)CC1CC2CCC1C2)C(=O)OC. The van der Waals surface area contributed by atoms with E-state index in [2.05, 4.69) is 4.74 Å². The first-order valence-electron chi connectivity index (χ1n) is 7.19. The first-order valence-corrected chi connectivity index (χ1v) is 7.19. The molecule has 0 amide bonds. The summed E-state index contributed by atoms with van der Waals surface area (Å²) in [6, 6.07) is 0. The van der Waals surface area contributed by atoms with Crippen molar-refractivity contribution in [3.63, 3.8) is 0 Å². The summed E-state index contributed by atoms with van der Waals surface area (Å²) in [5, 5.41) is 0. The average molecular weight is 282 g/mol. The minimum absolute atomic E-state index is 0.234. The minimum atomic E-state index is -1.31. The second-order valence-electron chi connectivity index (χ2n) is 5.96. The number of rotatable bonds is 7. The molecule has 2 fully saturated rings. The maximum absolute atomic E-state index is 12.3. The smallest absolute Gasteiger partial charge is 0.323 e. The first kappa shape index (κ1) is 15.2. The van der Waals surface area contributed by atoms with E-state index in [-0.39, 0.29) is 12.4 Å². The average Bonchev–Trinajstić information content (AvgIpc) is 3.01. The third-order valence-electron chi connectivity index (χ3n) is 4.72. The Labute approximate surface area is 119 Å². The zero-order valence-corrected chi connectivity index (χ0v) is 12.1. The number of hydrogen-bond acceptors (Lipinski definition) is 5. The summed E-state index contributed by atoms with van der Waals surface area (Å²) in [5.74, 6) is -1.21. The van der Waals surface area contributed by atoms with Crippen molar-refractivity contribution in [1.82, 2.24) is 0 Å². The summed E-state index contributed by atoms with van der Waals surface area (Å²) in [6.45, 7) is -0.234. The molecule has 2 rings (SSSR count). The molecule has 0 spiro atoms. The van der Waals surface area contributed by atoms with Crippen molar-refractivity contribution in [3.05, 3.63) is 0 Å². The van der Waals surface area contributed by atoms with Gasteiger partial charge >= 0.3 is 5.97 Å². The summed E-state index contributed by atoms with van der Waals surface area (Å²) in [7, 11) is 2.56. The van der Waals surface area contributed by atoms with Gasteiger partial charge in [0.2, 0.25) is 0 Å². The fraction of sp³-hybridized carbons (Fsp3) is 0.800. The Morgan fingerprint density at radius 2 is 1.85 bits per heavy atom. The van der Waals surface area contributed by atoms with Crippen LogP contribution >= 0.6 is 0 Å². The van der Waals surface area contributed by atoms with Crippen LogP contribution in [0.3, 0.4) is 0 Å². The number of esters is 1. The van der Waals surface area contributed by atoms with E-state index in [1.165, 1.54) is 33.5 Å². The Morgan fingerprint density at radius 1 is 1.10 bits per heavy atom. The minimum Gasteiger partial charge on any atom is -0.468 e. The van der Waals surface area contributed by atoms with Gasteiger partial charge in [0, 0.05) is 13.5 Å². The van der Waals surface area contributed by atoms with E-state index in [4.69, 9.17) is 4.74 Å². The highest BCUT2D eigenvalue weighted by Crippen LogP contribution is 2.49. The number of ketones is 2. The highest BCUT2D eigenvalue weighted by Gasteiger charge is 2.43. The fourth-order valence-corrected chi connectivity index (χ4v) is 3.79. The Morgan fingerprint density at radius 3 is 2.35 bits per heavy atom. The van der Waals surface area contributed by atoms with Crippen molar-refractivity contribution >= 4 is 17.5 Å². The molecular formula is C15H22O5. The molecular weight excluding hydrogens is 260 g/mol. The van der Waals surface area contributed by atoms with Gasteiger partial charge in [-0.25, -0.2) is 0 Å². The lowest BCUT2D eigenvalue weighted by atomic mass is 9.82. The van der Waals surface area contributed by atoms with Crippen LogP contribution in [0.5, 0.6) is 0 Å². The van der Waals surface area contributed by atoms with E-state index in [1.54, 1.807) is 0 Å². The molecule has 5 nitrogen and oxygen atoms in total. The van der Waals surface area contributed by atoms with Gasteiger partial charge in [-0.05, 0) is 37.0 Å². The standard InChI is InChI=1S/C15H22O5/c1-19-8-13(17)14(15(18)20-2)12(16)7-11-6-9-3-4-10(11)5-9/h9-11,14H,3-8H2,1-2H3. The zero-order valence-electron chi connectivity index (χ0n) is 12.1. The lowest BCUT2D eigenvalue weighted by Crippen LogP contribution is -2.36. The molecule has 4 atom stereocenters. The van der Waals surface area contributed by atoms with Gasteiger partial charge in [0.05, 0.1) is 7.11 Å². The molecule has 2 bridgehead atoms. The van der Waals surface area contributed by atoms with Gasteiger partial charge in [0.1, 0.15) is 6.61 Å². The number of fused-ring (bicyclic) bond motifs is 2. The first-order chi connectivity index (χ1) is 9.56. The van der Waals surface area contributed by atoms with E-state index < -0.39 is 17.7 Å². The van der Waals surface area contributed by atoms with Crippen LogP contribution in [0, 0.1) is 23.7 Å². The van der Waals surface area contributed by atoms with Crippen LogP contribution in [0.25, 0.3) is 0 Å². The lowest BCUT2D eigenvalue weighted by molar-refractivity contribution is -0.154. The molecule has 0 radical (unpaired) electrons. The maximum Gasteiger partial charge on any atom is 0.323 e. The molecule has 20 heavy (non-hydrogen) atoms. The van der Waals surface area contributed by atoms with E-state index in [9.17, 15) is 14.4 Å². The number of hydrogen-bond donors (Lipinski definition) is 0.